The van der Waals surface area contributed by atoms with Crippen LogP contribution in [0, 0.1) is 0 Å². The van der Waals surface area contributed by atoms with Gasteiger partial charge < -0.3 is 25.6 Å². The summed E-state index contributed by atoms with van der Waals surface area (Å²) in [7, 11) is 0. The Hall–Kier alpha value is -0.730. The van der Waals surface area contributed by atoms with Gasteiger partial charge in [-0.2, -0.15) is 0 Å². The van der Waals surface area contributed by atoms with E-state index in [-0.39, 0.29) is 11.6 Å². The summed E-state index contributed by atoms with van der Waals surface area (Å²) in [5, 5.41) is 44.3. The Morgan fingerprint density at radius 2 is 1.83 bits per heavy atom. The van der Waals surface area contributed by atoms with E-state index in [1.165, 1.54) is 0 Å². The lowest BCUT2D eigenvalue weighted by Crippen LogP contribution is -2.62. The fraction of sp³-hybridized carbons (Fsp3) is 0.800. The molecule has 0 spiro atoms. The number of hydroxylamine groups is 2. The van der Waals surface area contributed by atoms with Gasteiger partial charge >= 0.3 is 5.97 Å². The van der Waals surface area contributed by atoms with Gasteiger partial charge in [0.1, 0.15) is 0 Å². The molecule has 0 radical (unpaired) electrons. The number of carboxylic acids is 1. The van der Waals surface area contributed by atoms with Crippen LogP contribution in [0.3, 0.4) is 0 Å². The van der Waals surface area contributed by atoms with E-state index >= 15 is 0 Å². The summed E-state index contributed by atoms with van der Waals surface area (Å²) in [5.74, 6) is -4.74. The van der Waals surface area contributed by atoms with Gasteiger partial charge in [0.05, 0.1) is 0 Å². The zero-order chi connectivity index (χ0) is 9.57. The highest BCUT2D eigenvalue weighted by atomic mass is 16.6. The van der Waals surface area contributed by atoms with Crippen molar-refractivity contribution in [2.45, 2.75) is 17.9 Å². The Kier molecular flexibility index (Phi) is 1.85. The molecule has 1 rings (SSSR count). The lowest BCUT2D eigenvalue weighted by molar-refractivity contribution is -0.333. The zero-order valence-corrected chi connectivity index (χ0v) is 6.01. The molecule has 1 aliphatic heterocycles. The molecular weight excluding hydrogens is 170 g/mol. The monoisotopic (exact) mass is 179 g/mol. The maximum Gasteiger partial charge on any atom is 0.359 e. The Balaban J connectivity index is 3.06. The Morgan fingerprint density at radius 3 is 2.00 bits per heavy atom. The summed E-state index contributed by atoms with van der Waals surface area (Å²) in [4.78, 5) is 10.4. The van der Waals surface area contributed by atoms with Crippen LogP contribution in [0.25, 0.3) is 0 Å². The molecule has 0 bridgehead atoms. The smallest absolute Gasteiger partial charge is 0.359 e. The van der Waals surface area contributed by atoms with Gasteiger partial charge in [-0.1, -0.05) is 0 Å². The number of aliphatic hydroxyl groups is 3. The molecule has 5 N–H and O–H groups in total. The fourth-order valence-electron chi connectivity index (χ4n) is 1.09. The largest absolute Gasteiger partial charge is 0.478 e. The first-order valence-electron chi connectivity index (χ1n) is 3.19. The van der Waals surface area contributed by atoms with E-state index in [9.17, 15) is 4.79 Å². The number of hydrogen-bond donors (Lipinski definition) is 5. The molecule has 70 valence electrons. The first-order valence-corrected chi connectivity index (χ1v) is 3.19. The van der Waals surface area contributed by atoms with Crippen LogP contribution in [0.15, 0.2) is 0 Å². The quantitative estimate of drug-likeness (QED) is 0.283. The van der Waals surface area contributed by atoms with E-state index in [1.54, 1.807) is 0 Å². The lowest BCUT2D eigenvalue weighted by Gasteiger charge is -2.31. The van der Waals surface area contributed by atoms with Gasteiger partial charge in [0, 0.05) is 13.0 Å². The SMILES string of the molecule is O=C(O)C1(O)N(O)CCC1(O)O. The van der Waals surface area contributed by atoms with Crippen molar-refractivity contribution in [3.05, 3.63) is 0 Å². The third kappa shape index (κ3) is 0.919. The van der Waals surface area contributed by atoms with Crippen molar-refractivity contribution in [1.29, 1.82) is 0 Å². The second-order valence-electron chi connectivity index (χ2n) is 2.67. The van der Waals surface area contributed by atoms with E-state index in [0.29, 0.717) is 0 Å². The molecule has 1 aliphatic rings. The number of carboxylic acid groups (broad SMARTS) is 1. The summed E-state index contributed by atoms with van der Waals surface area (Å²) < 4.78 is 0. The molecular formula is C5H9NO6. The van der Waals surface area contributed by atoms with Crippen molar-refractivity contribution in [3.63, 3.8) is 0 Å². The van der Waals surface area contributed by atoms with Crippen LogP contribution in [0.5, 0.6) is 0 Å². The average Bonchev–Trinajstić information content (AvgIpc) is 2.15. The van der Waals surface area contributed by atoms with E-state index in [2.05, 4.69) is 0 Å². The molecule has 1 unspecified atom stereocenters. The van der Waals surface area contributed by atoms with Crippen LogP contribution >= 0.6 is 0 Å². The van der Waals surface area contributed by atoms with Gasteiger partial charge in [-0.25, -0.2) is 4.79 Å². The molecule has 1 heterocycles. The van der Waals surface area contributed by atoms with Crippen LogP contribution < -0.4 is 0 Å². The van der Waals surface area contributed by atoms with Gasteiger partial charge in [0.2, 0.25) is 5.79 Å². The Morgan fingerprint density at radius 1 is 1.33 bits per heavy atom. The highest BCUT2D eigenvalue weighted by molar-refractivity contribution is 5.78. The predicted octanol–water partition coefficient (Wildman–Crippen LogP) is -2.46. The maximum atomic E-state index is 10.4. The van der Waals surface area contributed by atoms with Gasteiger partial charge in [-0.15, -0.1) is 5.06 Å². The molecule has 0 aromatic heterocycles. The molecule has 0 saturated carbocycles. The van der Waals surface area contributed by atoms with E-state index in [1.807, 2.05) is 0 Å². The number of aliphatic carboxylic acids is 1. The summed E-state index contributed by atoms with van der Waals surface area (Å²) in [6, 6.07) is 0. The molecule has 0 aliphatic carbocycles. The number of carbonyl (C=O) groups is 1. The average molecular weight is 179 g/mol. The molecule has 0 aromatic rings. The number of hydrogen-bond acceptors (Lipinski definition) is 6. The van der Waals surface area contributed by atoms with Gasteiger partial charge in [0.25, 0.3) is 5.72 Å². The molecule has 1 atom stereocenters. The summed E-state index contributed by atoms with van der Waals surface area (Å²) in [5.41, 5.74) is -3.03. The van der Waals surface area contributed by atoms with Crippen molar-refractivity contribution in [2.24, 2.45) is 0 Å². The first kappa shape index (κ1) is 9.36. The minimum absolute atomic E-state index is 0.0185. The molecule has 0 aromatic carbocycles. The van der Waals surface area contributed by atoms with E-state index < -0.39 is 23.9 Å². The van der Waals surface area contributed by atoms with Crippen LogP contribution in [0.1, 0.15) is 6.42 Å². The molecule has 1 saturated heterocycles. The minimum Gasteiger partial charge on any atom is -0.478 e. The molecule has 7 heteroatoms. The Bertz CT molecular complexity index is 216. The number of nitrogens with zero attached hydrogens (tertiary/aromatic N) is 1. The predicted molar refractivity (Wildman–Crippen MR) is 32.9 cm³/mol. The fourth-order valence-corrected chi connectivity index (χ4v) is 1.09. The zero-order valence-electron chi connectivity index (χ0n) is 6.01. The summed E-state index contributed by atoms with van der Waals surface area (Å²) in [6.07, 6.45) is -0.438. The van der Waals surface area contributed by atoms with Crippen LogP contribution in [-0.4, -0.2) is 54.7 Å². The van der Waals surface area contributed by atoms with Gasteiger partial charge in [-0.05, 0) is 0 Å². The second-order valence-corrected chi connectivity index (χ2v) is 2.67. The van der Waals surface area contributed by atoms with Gasteiger partial charge in [0.15, 0.2) is 0 Å². The van der Waals surface area contributed by atoms with Crippen molar-refractivity contribution >= 4 is 5.97 Å². The van der Waals surface area contributed by atoms with Crippen molar-refractivity contribution in [2.75, 3.05) is 6.54 Å². The second kappa shape index (κ2) is 2.38. The molecule has 0 amide bonds. The highest BCUT2D eigenvalue weighted by Crippen LogP contribution is 2.33. The van der Waals surface area contributed by atoms with Crippen LogP contribution in [0.4, 0.5) is 0 Å². The summed E-state index contributed by atoms with van der Waals surface area (Å²) in [6.45, 7) is -0.324. The lowest BCUT2D eigenvalue weighted by atomic mass is 10.1. The Labute approximate surface area is 67.0 Å². The van der Waals surface area contributed by atoms with Gasteiger partial charge in [-0.3, -0.25) is 0 Å². The third-order valence-electron chi connectivity index (χ3n) is 1.90. The van der Waals surface area contributed by atoms with Crippen molar-refractivity contribution in [1.82, 2.24) is 5.06 Å². The first-order chi connectivity index (χ1) is 5.32. The van der Waals surface area contributed by atoms with E-state index in [0.717, 1.165) is 0 Å². The molecule has 1 fully saturated rings. The molecule has 7 nitrogen and oxygen atoms in total. The number of rotatable bonds is 1. The minimum atomic E-state index is -3.03. The standard InChI is InChI=1S/C5H9NO6/c7-3(8)5(11)4(9,10)1-2-6(5)12/h9-12H,1-2H2,(H,7,8). The van der Waals surface area contributed by atoms with Crippen molar-refractivity contribution in [3.8, 4) is 0 Å². The third-order valence-corrected chi connectivity index (χ3v) is 1.90. The highest BCUT2D eigenvalue weighted by Gasteiger charge is 2.63. The van der Waals surface area contributed by atoms with Crippen LogP contribution in [0.2, 0.25) is 0 Å². The topological polar surface area (TPSA) is 121 Å². The van der Waals surface area contributed by atoms with E-state index in [4.69, 9.17) is 25.6 Å². The van der Waals surface area contributed by atoms with Crippen molar-refractivity contribution < 1.29 is 30.4 Å². The summed E-state index contributed by atoms with van der Waals surface area (Å²) >= 11 is 0. The normalized spacial score (nSPS) is 35.3. The molecule has 12 heavy (non-hydrogen) atoms. The maximum absolute atomic E-state index is 10.4. The van der Waals surface area contributed by atoms with Crippen LogP contribution in [-0.2, 0) is 4.79 Å².